The SMILES string of the molecule is CSCCCNC(=O)c1cccc(-c2cccc(N)n2)c1. The van der Waals surface area contributed by atoms with Crippen LogP contribution >= 0.6 is 11.8 Å². The smallest absolute Gasteiger partial charge is 0.251 e. The van der Waals surface area contributed by atoms with Crippen molar-refractivity contribution in [2.45, 2.75) is 6.42 Å². The van der Waals surface area contributed by atoms with E-state index in [0.29, 0.717) is 17.9 Å². The lowest BCUT2D eigenvalue weighted by molar-refractivity contribution is 0.0954. The lowest BCUT2D eigenvalue weighted by Crippen LogP contribution is -2.24. The molecule has 0 unspecified atom stereocenters. The summed E-state index contributed by atoms with van der Waals surface area (Å²) in [6, 6.07) is 12.9. The maximum absolute atomic E-state index is 12.1. The van der Waals surface area contributed by atoms with E-state index in [1.807, 2.05) is 30.3 Å². The molecule has 0 fully saturated rings. The number of nitrogens with zero attached hydrogens (tertiary/aromatic N) is 1. The van der Waals surface area contributed by atoms with Crippen molar-refractivity contribution in [3.8, 4) is 11.3 Å². The molecule has 2 aromatic rings. The largest absolute Gasteiger partial charge is 0.384 e. The van der Waals surface area contributed by atoms with E-state index in [4.69, 9.17) is 5.73 Å². The standard InChI is InChI=1S/C16H19N3OS/c1-21-10-4-9-18-16(20)13-6-2-5-12(11-13)14-7-3-8-15(17)19-14/h2-3,5-8,11H,4,9-10H2,1H3,(H2,17,19)(H,18,20). The zero-order chi connectivity index (χ0) is 15.1. The Hall–Kier alpha value is -2.01. The van der Waals surface area contributed by atoms with Crippen LogP contribution in [-0.2, 0) is 0 Å². The molecular weight excluding hydrogens is 282 g/mol. The van der Waals surface area contributed by atoms with Crippen LogP contribution in [0.2, 0.25) is 0 Å². The molecule has 0 aliphatic rings. The fourth-order valence-corrected chi connectivity index (χ4v) is 2.39. The monoisotopic (exact) mass is 301 g/mol. The van der Waals surface area contributed by atoms with Crippen molar-refractivity contribution in [1.82, 2.24) is 10.3 Å². The Bertz CT molecular complexity index is 616. The number of benzene rings is 1. The Morgan fingerprint density at radius 3 is 2.86 bits per heavy atom. The van der Waals surface area contributed by atoms with Crippen molar-refractivity contribution in [3.63, 3.8) is 0 Å². The average Bonchev–Trinajstić information content (AvgIpc) is 2.51. The number of nitrogen functional groups attached to an aromatic ring is 1. The van der Waals surface area contributed by atoms with Crippen molar-refractivity contribution in [2.24, 2.45) is 0 Å². The summed E-state index contributed by atoms with van der Waals surface area (Å²) < 4.78 is 0. The van der Waals surface area contributed by atoms with Gasteiger partial charge in [-0.1, -0.05) is 18.2 Å². The first-order chi connectivity index (χ1) is 10.2. The summed E-state index contributed by atoms with van der Waals surface area (Å²) in [4.78, 5) is 16.4. The van der Waals surface area contributed by atoms with E-state index in [0.717, 1.165) is 23.4 Å². The van der Waals surface area contributed by atoms with Gasteiger partial charge in [-0.05, 0) is 42.7 Å². The summed E-state index contributed by atoms with van der Waals surface area (Å²) in [5.74, 6) is 1.47. The highest BCUT2D eigenvalue weighted by Crippen LogP contribution is 2.19. The Morgan fingerprint density at radius 1 is 1.29 bits per heavy atom. The Morgan fingerprint density at radius 2 is 2.10 bits per heavy atom. The number of carbonyl (C=O) groups is 1. The number of rotatable bonds is 6. The molecule has 0 aliphatic heterocycles. The quantitative estimate of drug-likeness (QED) is 0.805. The van der Waals surface area contributed by atoms with Crippen LogP contribution in [-0.4, -0.2) is 29.4 Å². The van der Waals surface area contributed by atoms with Gasteiger partial charge in [0.25, 0.3) is 5.91 Å². The van der Waals surface area contributed by atoms with E-state index >= 15 is 0 Å². The van der Waals surface area contributed by atoms with Crippen LogP contribution in [0.4, 0.5) is 5.82 Å². The van der Waals surface area contributed by atoms with Crippen molar-refractivity contribution in [1.29, 1.82) is 0 Å². The summed E-state index contributed by atoms with van der Waals surface area (Å²) in [6.45, 7) is 0.695. The third-order valence-electron chi connectivity index (χ3n) is 3.00. The molecule has 3 N–H and O–H groups in total. The first-order valence-electron chi connectivity index (χ1n) is 6.81. The van der Waals surface area contributed by atoms with Gasteiger partial charge in [-0.2, -0.15) is 11.8 Å². The third-order valence-corrected chi connectivity index (χ3v) is 3.70. The zero-order valence-corrected chi connectivity index (χ0v) is 12.8. The van der Waals surface area contributed by atoms with Crippen LogP contribution in [0.15, 0.2) is 42.5 Å². The molecule has 110 valence electrons. The summed E-state index contributed by atoms with van der Waals surface area (Å²) >= 11 is 1.78. The van der Waals surface area contributed by atoms with E-state index in [1.165, 1.54) is 0 Å². The predicted molar refractivity (Wildman–Crippen MR) is 89.4 cm³/mol. The van der Waals surface area contributed by atoms with Crippen molar-refractivity contribution in [3.05, 3.63) is 48.0 Å². The first kappa shape index (κ1) is 15.4. The minimum atomic E-state index is -0.0538. The molecule has 1 aromatic heterocycles. The van der Waals surface area contributed by atoms with Gasteiger partial charge in [0.1, 0.15) is 5.82 Å². The second-order valence-corrected chi connectivity index (χ2v) is 5.62. The van der Waals surface area contributed by atoms with Gasteiger partial charge >= 0.3 is 0 Å². The molecule has 1 aromatic carbocycles. The van der Waals surface area contributed by atoms with Gasteiger partial charge in [-0.3, -0.25) is 4.79 Å². The number of nitrogens with one attached hydrogen (secondary N) is 1. The fraction of sp³-hybridized carbons (Fsp3) is 0.250. The van der Waals surface area contributed by atoms with Gasteiger partial charge in [-0.15, -0.1) is 0 Å². The van der Waals surface area contributed by atoms with Crippen LogP contribution in [0.1, 0.15) is 16.8 Å². The minimum Gasteiger partial charge on any atom is -0.384 e. The van der Waals surface area contributed by atoms with E-state index < -0.39 is 0 Å². The van der Waals surface area contributed by atoms with Gasteiger partial charge < -0.3 is 11.1 Å². The number of amides is 1. The minimum absolute atomic E-state index is 0.0538. The zero-order valence-electron chi connectivity index (χ0n) is 12.0. The van der Waals surface area contributed by atoms with Crippen LogP contribution < -0.4 is 11.1 Å². The van der Waals surface area contributed by atoms with Crippen LogP contribution in [0.25, 0.3) is 11.3 Å². The number of hydrogen-bond acceptors (Lipinski definition) is 4. The van der Waals surface area contributed by atoms with E-state index in [2.05, 4.69) is 16.6 Å². The molecule has 2 rings (SSSR count). The van der Waals surface area contributed by atoms with Crippen LogP contribution in [0.5, 0.6) is 0 Å². The molecule has 1 amide bonds. The molecular formula is C16H19N3OS. The second-order valence-electron chi connectivity index (χ2n) is 4.63. The van der Waals surface area contributed by atoms with E-state index in [9.17, 15) is 4.79 Å². The highest BCUT2D eigenvalue weighted by atomic mass is 32.2. The molecule has 21 heavy (non-hydrogen) atoms. The molecule has 0 saturated carbocycles. The second kappa shape index (κ2) is 7.69. The lowest BCUT2D eigenvalue weighted by atomic mass is 10.1. The van der Waals surface area contributed by atoms with Crippen LogP contribution in [0, 0.1) is 0 Å². The average molecular weight is 301 g/mol. The number of carbonyl (C=O) groups excluding carboxylic acids is 1. The number of pyridine rings is 1. The fourth-order valence-electron chi connectivity index (χ4n) is 1.95. The van der Waals surface area contributed by atoms with Gasteiger partial charge in [0.15, 0.2) is 0 Å². The maximum atomic E-state index is 12.1. The first-order valence-corrected chi connectivity index (χ1v) is 8.20. The molecule has 0 radical (unpaired) electrons. The van der Waals surface area contributed by atoms with Gasteiger partial charge in [0, 0.05) is 17.7 Å². The highest BCUT2D eigenvalue weighted by Gasteiger charge is 2.07. The number of hydrogen-bond donors (Lipinski definition) is 2. The van der Waals surface area contributed by atoms with Crippen molar-refractivity contribution in [2.75, 3.05) is 24.3 Å². The Labute approximate surface area is 129 Å². The molecule has 5 heteroatoms. The van der Waals surface area contributed by atoms with Crippen molar-refractivity contribution < 1.29 is 4.79 Å². The molecule has 0 spiro atoms. The molecule has 0 bridgehead atoms. The van der Waals surface area contributed by atoms with Crippen molar-refractivity contribution >= 4 is 23.5 Å². The Balaban J connectivity index is 2.09. The third kappa shape index (κ3) is 4.49. The van der Waals surface area contributed by atoms with E-state index in [1.54, 1.807) is 23.9 Å². The molecule has 0 aliphatic carbocycles. The van der Waals surface area contributed by atoms with E-state index in [-0.39, 0.29) is 5.91 Å². The molecule has 0 saturated heterocycles. The molecule has 0 atom stereocenters. The molecule has 1 heterocycles. The maximum Gasteiger partial charge on any atom is 0.251 e. The highest BCUT2D eigenvalue weighted by molar-refractivity contribution is 7.98. The van der Waals surface area contributed by atoms with Gasteiger partial charge in [0.2, 0.25) is 0 Å². The summed E-state index contributed by atoms with van der Waals surface area (Å²) in [7, 11) is 0. The summed E-state index contributed by atoms with van der Waals surface area (Å²) in [5.41, 5.74) is 7.99. The topological polar surface area (TPSA) is 68.0 Å². The lowest BCUT2D eigenvalue weighted by Gasteiger charge is -2.07. The van der Waals surface area contributed by atoms with Gasteiger partial charge in [-0.25, -0.2) is 4.98 Å². The number of nitrogens with two attached hydrogens (primary N) is 1. The summed E-state index contributed by atoms with van der Waals surface area (Å²) in [5, 5.41) is 2.93. The summed E-state index contributed by atoms with van der Waals surface area (Å²) in [6.07, 6.45) is 3.03. The Kier molecular flexibility index (Phi) is 5.63. The number of aromatic nitrogens is 1. The normalized spacial score (nSPS) is 10.3. The predicted octanol–water partition coefficient (Wildman–Crippen LogP) is 2.81. The number of anilines is 1. The van der Waals surface area contributed by atoms with Gasteiger partial charge in [0.05, 0.1) is 5.69 Å². The molecule has 4 nitrogen and oxygen atoms in total. The number of thioether (sulfide) groups is 1. The van der Waals surface area contributed by atoms with Crippen LogP contribution in [0.3, 0.4) is 0 Å².